The summed E-state index contributed by atoms with van der Waals surface area (Å²) in [6, 6.07) is 31.9. The topological polar surface area (TPSA) is 24.1 Å². The van der Waals surface area contributed by atoms with Crippen molar-refractivity contribution >= 4 is 22.7 Å². The molecule has 2 nitrogen and oxygen atoms in total. The van der Waals surface area contributed by atoms with Gasteiger partial charge in [-0.1, -0.05) is 150 Å². The molecule has 0 radical (unpaired) electrons. The van der Waals surface area contributed by atoms with Crippen LogP contribution in [0.5, 0.6) is 0 Å². The van der Waals surface area contributed by atoms with Gasteiger partial charge in [-0.15, -0.1) is 0 Å². The van der Waals surface area contributed by atoms with Gasteiger partial charge in [0.05, 0.1) is 4.11 Å². The highest BCUT2D eigenvalue weighted by atomic mass is 14.9. The summed E-state index contributed by atoms with van der Waals surface area (Å²) in [5.41, 5.74) is 11.6. The molecule has 0 aliphatic carbocycles. The van der Waals surface area contributed by atoms with Crippen LogP contribution in [0.2, 0.25) is 0 Å². The van der Waals surface area contributed by atoms with Gasteiger partial charge in [0.1, 0.15) is 0 Å². The lowest BCUT2D eigenvalue weighted by Gasteiger charge is -2.24. The molecule has 0 saturated heterocycles. The first-order valence-corrected chi connectivity index (χ1v) is 17.2. The van der Waals surface area contributed by atoms with Crippen LogP contribution >= 0.6 is 0 Å². The van der Waals surface area contributed by atoms with Crippen molar-refractivity contribution in [2.24, 2.45) is 0 Å². The second kappa shape index (κ2) is 13.0. The third kappa shape index (κ3) is 8.21. The lowest BCUT2D eigenvalue weighted by Crippen LogP contribution is -2.12. The van der Waals surface area contributed by atoms with E-state index in [0.717, 1.165) is 33.6 Å². The van der Waals surface area contributed by atoms with E-state index >= 15 is 0 Å². The van der Waals surface area contributed by atoms with Crippen LogP contribution < -0.4 is 10.6 Å². The van der Waals surface area contributed by atoms with Gasteiger partial charge >= 0.3 is 0 Å². The van der Waals surface area contributed by atoms with Crippen molar-refractivity contribution in [3.8, 4) is 22.3 Å². The van der Waals surface area contributed by atoms with Crippen LogP contribution in [0, 0.1) is 0 Å². The number of benzene rings is 5. The van der Waals surface area contributed by atoms with Gasteiger partial charge in [0.15, 0.2) is 0 Å². The quantitative estimate of drug-likeness (QED) is 0.193. The number of hydrogen-bond acceptors (Lipinski definition) is 2. The first-order valence-electron chi connectivity index (χ1n) is 18.7. The van der Waals surface area contributed by atoms with E-state index in [1.807, 2.05) is 6.07 Å². The molecular formula is C46H56N2. The van der Waals surface area contributed by atoms with Crippen LogP contribution in [0.4, 0.5) is 22.7 Å². The third-order valence-corrected chi connectivity index (χ3v) is 9.07. The molecule has 0 aliphatic heterocycles. The summed E-state index contributed by atoms with van der Waals surface area (Å²) in [6.45, 7) is 26.6. The monoisotopic (exact) mass is 639 g/mol. The van der Waals surface area contributed by atoms with Crippen LogP contribution in [0.3, 0.4) is 0 Å². The van der Waals surface area contributed by atoms with Crippen LogP contribution in [0.15, 0.2) is 109 Å². The molecule has 250 valence electrons. The van der Waals surface area contributed by atoms with E-state index in [1.165, 1.54) is 22.3 Å². The molecule has 0 aromatic heterocycles. The number of hydrogen-bond donors (Lipinski definition) is 2. The van der Waals surface area contributed by atoms with Gasteiger partial charge in [-0.3, -0.25) is 0 Å². The fourth-order valence-corrected chi connectivity index (χ4v) is 5.83. The third-order valence-electron chi connectivity index (χ3n) is 9.07. The molecule has 0 spiro atoms. The van der Waals surface area contributed by atoms with Crippen molar-refractivity contribution in [1.82, 2.24) is 0 Å². The van der Waals surface area contributed by atoms with Crippen molar-refractivity contribution in [2.45, 2.75) is 105 Å². The highest BCUT2D eigenvalue weighted by molar-refractivity contribution is 5.85. The normalized spacial score (nSPS) is 13.5. The summed E-state index contributed by atoms with van der Waals surface area (Å²) in [5.74, 6) is 0. The minimum absolute atomic E-state index is 0.0117. The molecule has 5 rings (SSSR count). The fraction of sp³-hybridized carbons (Fsp3) is 0.348. The highest BCUT2D eigenvalue weighted by Gasteiger charge is 2.21. The van der Waals surface area contributed by atoms with E-state index < -0.39 is 0 Å². The number of nitrogens with one attached hydrogen (secondary N) is 2. The molecular weight excluding hydrogens is 581 g/mol. The lowest BCUT2D eigenvalue weighted by atomic mass is 9.83. The Morgan fingerprint density at radius 3 is 1.12 bits per heavy atom. The van der Waals surface area contributed by atoms with Crippen molar-refractivity contribution in [2.75, 3.05) is 10.6 Å². The van der Waals surface area contributed by atoms with Crippen LogP contribution in [0.1, 0.15) is 109 Å². The molecule has 0 heterocycles. The first-order chi connectivity index (χ1) is 23.5. The molecule has 2 N–H and O–H groups in total. The van der Waals surface area contributed by atoms with E-state index in [2.05, 4.69) is 179 Å². The average Bonchev–Trinajstić information content (AvgIpc) is 3.04. The number of anilines is 4. The van der Waals surface area contributed by atoms with Crippen LogP contribution in [-0.4, -0.2) is 0 Å². The van der Waals surface area contributed by atoms with Gasteiger partial charge in [-0.25, -0.2) is 0 Å². The molecule has 0 fully saturated rings. The molecule has 0 bridgehead atoms. The molecule has 0 amide bonds. The summed E-state index contributed by atoms with van der Waals surface area (Å²) in [7, 11) is 0. The smallest absolute Gasteiger partial charge is 0.0645 e. The molecule has 5 aromatic carbocycles. The van der Waals surface area contributed by atoms with Crippen LogP contribution in [0.25, 0.3) is 22.3 Å². The van der Waals surface area contributed by atoms with Crippen LogP contribution in [-0.2, 0) is 21.7 Å². The molecule has 0 unspecified atom stereocenters. The second-order valence-electron chi connectivity index (χ2n) is 17.3. The van der Waals surface area contributed by atoms with Crippen molar-refractivity contribution in [3.63, 3.8) is 0 Å². The molecule has 0 aliphatic rings. The maximum atomic E-state index is 8.95. The average molecular weight is 640 g/mol. The zero-order valence-corrected chi connectivity index (χ0v) is 31.2. The largest absolute Gasteiger partial charge is 0.355 e. The number of rotatable bonds is 6. The van der Waals surface area contributed by atoms with E-state index in [0.29, 0.717) is 11.4 Å². The summed E-state index contributed by atoms with van der Waals surface area (Å²) in [5, 5.41) is 7.08. The van der Waals surface area contributed by atoms with Gasteiger partial charge in [-0.05, 0) is 97.5 Å². The Hall–Kier alpha value is -4.30. The summed E-state index contributed by atoms with van der Waals surface area (Å²) in [4.78, 5) is 0. The molecule has 5 aromatic rings. The Morgan fingerprint density at radius 1 is 0.417 bits per heavy atom. The van der Waals surface area contributed by atoms with Crippen molar-refractivity contribution in [1.29, 1.82) is 0 Å². The summed E-state index contributed by atoms with van der Waals surface area (Å²) < 4.78 is 26.8. The Labute approximate surface area is 295 Å². The Balaban J connectivity index is 1.63. The minimum Gasteiger partial charge on any atom is -0.355 e. The van der Waals surface area contributed by atoms with Gasteiger partial charge < -0.3 is 10.6 Å². The van der Waals surface area contributed by atoms with Gasteiger partial charge in [-0.2, -0.15) is 0 Å². The lowest BCUT2D eigenvalue weighted by molar-refractivity contribution is 0.589. The van der Waals surface area contributed by atoms with E-state index in [1.54, 1.807) is 0 Å². The summed E-state index contributed by atoms with van der Waals surface area (Å²) in [6.07, 6.45) is 0. The zero-order chi connectivity index (χ0) is 37.7. The highest BCUT2D eigenvalue weighted by Crippen LogP contribution is 2.39. The standard InChI is InChI=1S/C46H56N2/c1-43(2,3)33-18-13-16-31(26-33)39-28-35(45(7,8)9)22-24-41(39)47-37-20-15-21-38(30-37)48-42-25-23-36(46(10,11)12)29-40(42)32-17-14-19-34(27-32)44(4,5)6/h13-30,47-48H,1-12H3/i15D,20D,21D. The summed E-state index contributed by atoms with van der Waals surface area (Å²) >= 11 is 0. The maximum absolute atomic E-state index is 8.95. The molecule has 0 atom stereocenters. The fourth-order valence-electron chi connectivity index (χ4n) is 5.83. The second-order valence-corrected chi connectivity index (χ2v) is 17.3. The van der Waals surface area contributed by atoms with E-state index in [9.17, 15) is 0 Å². The van der Waals surface area contributed by atoms with Gasteiger partial charge in [0, 0.05) is 33.9 Å². The van der Waals surface area contributed by atoms with Crippen molar-refractivity contribution < 1.29 is 4.11 Å². The molecule has 48 heavy (non-hydrogen) atoms. The van der Waals surface area contributed by atoms with Gasteiger partial charge in [0.2, 0.25) is 0 Å². The Morgan fingerprint density at radius 2 is 0.771 bits per heavy atom. The molecule has 0 saturated carbocycles. The van der Waals surface area contributed by atoms with E-state index in [-0.39, 0.29) is 39.8 Å². The Bertz CT molecular complexity index is 1920. The Kier molecular flexibility index (Phi) is 8.37. The predicted octanol–water partition coefficient (Wildman–Crippen LogP) is 13.7. The SMILES string of the molecule is [2H]c1c(Nc2ccc(C(C)(C)C)cc2-c2cccc(C(C)(C)C)c2)cc(Nc2ccc(C(C)(C)C)cc2-c2cccc(C(C)(C)C)c2)c([2H])c1[2H]. The first kappa shape index (κ1) is 31.0. The van der Waals surface area contributed by atoms with E-state index in [4.69, 9.17) is 4.11 Å². The zero-order valence-electron chi connectivity index (χ0n) is 34.2. The van der Waals surface area contributed by atoms with Crippen molar-refractivity contribution in [3.05, 3.63) is 131 Å². The maximum Gasteiger partial charge on any atom is 0.0645 e. The minimum atomic E-state index is -0.132. The van der Waals surface area contributed by atoms with Gasteiger partial charge in [0.25, 0.3) is 0 Å². The molecule has 2 heteroatoms. The predicted molar refractivity (Wildman–Crippen MR) is 212 cm³/mol.